The minimum Gasteiger partial charge on any atom is -0.490 e. The molecule has 1 aromatic heterocycles. The Morgan fingerprint density at radius 2 is 1.92 bits per heavy atom. The fraction of sp³-hybridized carbons (Fsp3) is 0.368. The summed E-state index contributed by atoms with van der Waals surface area (Å²) in [6.45, 7) is 0. The molecule has 24 heavy (non-hydrogen) atoms. The monoisotopic (exact) mass is 339 g/mol. The summed E-state index contributed by atoms with van der Waals surface area (Å²) in [4.78, 5) is 4.37. The lowest BCUT2D eigenvalue weighted by atomic mass is 10.0. The van der Waals surface area contributed by atoms with Gasteiger partial charge in [-0.25, -0.2) is 4.98 Å². The number of benzene rings is 1. The molecule has 0 saturated carbocycles. The largest absolute Gasteiger partial charge is 0.490 e. The number of hydrogen-bond donors (Lipinski definition) is 1. The van der Waals surface area contributed by atoms with Crippen LogP contribution in [-0.4, -0.2) is 23.2 Å². The number of piperidine rings is 1. The normalized spacial score (nSPS) is 25.2. The molecule has 1 unspecified atom stereocenters. The van der Waals surface area contributed by atoms with E-state index in [-0.39, 0.29) is 6.10 Å². The van der Waals surface area contributed by atoms with Gasteiger partial charge in [0.2, 0.25) is 0 Å². The lowest BCUT2D eigenvalue weighted by Gasteiger charge is -2.29. The average Bonchev–Trinajstić information content (AvgIpc) is 2.93. The van der Waals surface area contributed by atoms with Crippen LogP contribution in [0.2, 0.25) is 5.15 Å². The van der Waals surface area contributed by atoms with Gasteiger partial charge in [0.05, 0.1) is 17.3 Å². The van der Waals surface area contributed by atoms with Crippen molar-refractivity contribution in [3.05, 3.63) is 47.1 Å². The fourth-order valence-corrected chi connectivity index (χ4v) is 3.98. The maximum absolute atomic E-state index is 9.30. The van der Waals surface area contributed by atoms with Gasteiger partial charge in [0.25, 0.3) is 0 Å². The van der Waals surface area contributed by atoms with E-state index in [1.54, 1.807) is 12.1 Å². The predicted molar refractivity (Wildman–Crippen MR) is 93.0 cm³/mol. The van der Waals surface area contributed by atoms with Crippen molar-refractivity contribution in [2.75, 3.05) is 0 Å². The number of rotatable bonds is 3. The second-order valence-corrected chi connectivity index (χ2v) is 6.90. The molecule has 3 heterocycles. The molecule has 1 N–H and O–H groups in total. The Hall–Kier alpha value is -2.09. The number of nitrogens with one attached hydrogen (secondary N) is 1. The van der Waals surface area contributed by atoms with Gasteiger partial charge in [-0.15, -0.1) is 0 Å². The van der Waals surface area contributed by atoms with Crippen LogP contribution >= 0.6 is 11.6 Å². The van der Waals surface area contributed by atoms with Gasteiger partial charge in [-0.3, -0.25) is 0 Å². The van der Waals surface area contributed by atoms with E-state index >= 15 is 0 Å². The third-order valence-corrected chi connectivity index (χ3v) is 5.02. The first kappa shape index (κ1) is 15.4. The van der Waals surface area contributed by atoms with Crippen molar-refractivity contribution in [2.24, 2.45) is 0 Å². The molecular weight excluding hydrogens is 322 g/mol. The first-order valence-corrected chi connectivity index (χ1v) is 8.69. The Morgan fingerprint density at radius 1 is 1.17 bits per heavy atom. The Bertz CT molecular complexity index is 789. The lowest BCUT2D eigenvalue weighted by Crippen LogP contribution is -2.42. The maximum atomic E-state index is 9.30. The summed E-state index contributed by atoms with van der Waals surface area (Å²) in [5.74, 6) is 0.726. The summed E-state index contributed by atoms with van der Waals surface area (Å²) < 4.78 is 6.21. The molecule has 2 aromatic rings. The van der Waals surface area contributed by atoms with Gasteiger partial charge < -0.3 is 10.1 Å². The zero-order valence-electron chi connectivity index (χ0n) is 13.2. The fourth-order valence-electron chi connectivity index (χ4n) is 3.78. The van der Waals surface area contributed by atoms with Crippen molar-refractivity contribution in [3.8, 4) is 23.1 Å². The highest BCUT2D eigenvalue weighted by Crippen LogP contribution is 2.32. The number of pyridine rings is 1. The summed E-state index contributed by atoms with van der Waals surface area (Å²) in [5.41, 5.74) is 2.03. The molecule has 0 radical (unpaired) electrons. The third-order valence-electron chi connectivity index (χ3n) is 4.82. The number of hydrogen-bond acceptors (Lipinski definition) is 4. The Morgan fingerprint density at radius 3 is 2.67 bits per heavy atom. The molecule has 0 spiro atoms. The van der Waals surface area contributed by atoms with Crippen molar-refractivity contribution in [1.29, 1.82) is 5.26 Å². The van der Waals surface area contributed by atoms with Crippen LogP contribution in [0.3, 0.4) is 0 Å². The van der Waals surface area contributed by atoms with E-state index in [0.29, 0.717) is 28.5 Å². The van der Waals surface area contributed by atoms with Crippen LogP contribution in [0.4, 0.5) is 0 Å². The number of fused-ring (bicyclic) bond motifs is 2. The highest BCUT2D eigenvalue weighted by Gasteiger charge is 2.34. The topological polar surface area (TPSA) is 57.9 Å². The standard InChI is InChI=1S/C19H18ClN3O/c20-19-10-16(24-15-7-13-5-6-14(8-15)22-13)9-18(23-19)17-4-2-1-3-12(17)11-21/h1-4,9-10,13-15,22H,5-8H2/t13-,14+,15?. The number of halogens is 1. The van der Waals surface area contributed by atoms with Crippen molar-refractivity contribution in [2.45, 2.75) is 43.9 Å². The molecule has 2 saturated heterocycles. The zero-order valence-corrected chi connectivity index (χ0v) is 14.0. The van der Waals surface area contributed by atoms with Crippen LogP contribution in [0, 0.1) is 11.3 Å². The molecule has 5 heteroatoms. The third kappa shape index (κ3) is 3.10. The maximum Gasteiger partial charge on any atom is 0.133 e. The van der Waals surface area contributed by atoms with Gasteiger partial charge in [0, 0.05) is 29.8 Å². The van der Waals surface area contributed by atoms with Crippen LogP contribution in [-0.2, 0) is 0 Å². The van der Waals surface area contributed by atoms with Crippen LogP contribution in [0.15, 0.2) is 36.4 Å². The molecule has 2 aliphatic rings. The van der Waals surface area contributed by atoms with E-state index in [1.165, 1.54) is 12.8 Å². The first-order chi connectivity index (χ1) is 11.7. The van der Waals surface area contributed by atoms with E-state index < -0.39 is 0 Å². The summed E-state index contributed by atoms with van der Waals surface area (Å²) in [7, 11) is 0. The van der Waals surface area contributed by atoms with E-state index in [4.69, 9.17) is 16.3 Å². The molecule has 0 aliphatic carbocycles. The van der Waals surface area contributed by atoms with E-state index in [1.807, 2.05) is 24.3 Å². The van der Waals surface area contributed by atoms with Gasteiger partial charge in [-0.2, -0.15) is 5.26 Å². The number of ether oxygens (including phenoxy) is 1. The van der Waals surface area contributed by atoms with Gasteiger partial charge in [-0.05, 0) is 31.7 Å². The number of nitriles is 1. The van der Waals surface area contributed by atoms with Crippen LogP contribution in [0.25, 0.3) is 11.3 Å². The SMILES string of the molecule is N#Cc1ccccc1-c1cc(OC2C[C@H]3CC[C@@H](C2)N3)cc(Cl)n1. The van der Waals surface area contributed by atoms with E-state index in [9.17, 15) is 5.26 Å². The Kier molecular flexibility index (Phi) is 4.13. The second kappa shape index (κ2) is 6.43. The highest BCUT2D eigenvalue weighted by molar-refractivity contribution is 6.29. The van der Waals surface area contributed by atoms with Crippen LogP contribution in [0.1, 0.15) is 31.2 Å². The minimum atomic E-state index is 0.210. The summed E-state index contributed by atoms with van der Waals surface area (Å²) in [5, 5.41) is 13.3. The molecule has 4 nitrogen and oxygen atoms in total. The van der Waals surface area contributed by atoms with Crippen molar-refractivity contribution < 1.29 is 4.74 Å². The summed E-state index contributed by atoms with van der Waals surface area (Å²) in [6, 6.07) is 14.4. The van der Waals surface area contributed by atoms with Crippen LogP contribution in [0.5, 0.6) is 5.75 Å². The summed E-state index contributed by atoms with van der Waals surface area (Å²) in [6.07, 6.45) is 4.74. The van der Waals surface area contributed by atoms with E-state index in [0.717, 1.165) is 24.2 Å². The van der Waals surface area contributed by atoms with Gasteiger partial charge in [0.1, 0.15) is 17.0 Å². The average molecular weight is 340 g/mol. The van der Waals surface area contributed by atoms with Crippen molar-refractivity contribution in [1.82, 2.24) is 10.3 Å². The van der Waals surface area contributed by atoms with Crippen LogP contribution < -0.4 is 10.1 Å². The number of nitrogens with zero attached hydrogens (tertiary/aromatic N) is 2. The smallest absolute Gasteiger partial charge is 0.133 e. The molecule has 2 bridgehead atoms. The number of aromatic nitrogens is 1. The predicted octanol–water partition coefficient (Wildman–Crippen LogP) is 3.94. The zero-order chi connectivity index (χ0) is 16.5. The first-order valence-electron chi connectivity index (χ1n) is 8.31. The molecule has 2 fully saturated rings. The van der Waals surface area contributed by atoms with E-state index in [2.05, 4.69) is 16.4 Å². The molecule has 4 rings (SSSR count). The van der Waals surface area contributed by atoms with Crippen molar-refractivity contribution in [3.63, 3.8) is 0 Å². The van der Waals surface area contributed by atoms with Gasteiger partial charge in [0.15, 0.2) is 0 Å². The molecular formula is C19H18ClN3O. The summed E-state index contributed by atoms with van der Waals surface area (Å²) >= 11 is 6.20. The Labute approximate surface area is 146 Å². The molecule has 122 valence electrons. The second-order valence-electron chi connectivity index (χ2n) is 6.52. The van der Waals surface area contributed by atoms with Gasteiger partial charge >= 0.3 is 0 Å². The van der Waals surface area contributed by atoms with Gasteiger partial charge in [-0.1, -0.05) is 29.8 Å². The molecule has 1 aromatic carbocycles. The van der Waals surface area contributed by atoms with Crippen molar-refractivity contribution >= 4 is 11.6 Å². The molecule has 3 atom stereocenters. The quantitative estimate of drug-likeness (QED) is 0.861. The Balaban J connectivity index is 1.61. The lowest BCUT2D eigenvalue weighted by molar-refractivity contribution is 0.137. The highest BCUT2D eigenvalue weighted by atomic mass is 35.5. The molecule has 0 amide bonds. The molecule has 2 aliphatic heterocycles. The minimum absolute atomic E-state index is 0.210.